The zero-order valence-corrected chi connectivity index (χ0v) is 9.00. The average Bonchev–Trinajstić information content (AvgIpc) is 2.61. The van der Waals surface area contributed by atoms with Crippen molar-refractivity contribution in [1.29, 1.82) is 0 Å². The Morgan fingerprint density at radius 1 is 0.600 bits per heavy atom. The third kappa shape index (κ3) is 1.57. The Hall–Kier alpha value is -1.53. The third-order valence-electron chi connectivity index (χ3n) is 2.65. The molecule has 0 saturated heterocycles. The van der Waals surface area contributed by atoms with Crippen molar-refractivity contribution in [3.05, 3.63) is 60.7 Å². The van der Waals surface area contributed by atoms with Crippen LogP contribution in [-0.4, -0.2) is 0 Å². The standard InChI is InChI=1S/C14H10.ClH/c1-2-9-13-11(5-1)6-3-7-12-8-4-10-14(12)13;/h1-10H;1H. The van der Waals surface area contributed by atoms with Gasteiger partial charge in [0.15, 0.2) is 0 Å². The lowest BCUT2D eigenvalue weighted by Crippen LogP contribution is -1.70. The van der Waals surface area contributed by atoms with Crippen molar-refractivity contribution >= 4 is 23.2 Å². The maximum atomic E-state index is 2.18. The van der Waals surface area contributed by atoms with Crippen LogP contribution in [0.3, 0.4) is 0 Å². The van der Waals surface area contributed by atoms with Gasteiger partial charge < -0.3 is 0 Å². The van der Waals surface area contributed by atoms with Crippen molar-refractivity contribution < 1.29 is 0 Å². The van der Waals surface area contributed by atoms with E-state index in [2.05, 4.69) is 60.7 Å². The molecule has 0 aliphatic heterocycles. The summed E-state index contributed by atoms with van der Waals surface area (Å²) in [7, 11) is 0. The van der Waals surface area contributed by atoms with Gasteiger partial charge >= 0.3 is 0 Å². The minimum absolute atomic E-state index is 0. The number of hydrogen-bond acceptors (Lipinski definition) is 0. The number of fused-ring (bicyclic) bond motifs is 3. The van der Waals surface area contributed by atoms with Gasteiger partial charge in [0.1, 0.15) is 0 Å². The van der Waals surface area contributed by atoms with Crippen molar-refractivity contribution in [3.63, 3.8) is 0 Å². The summed E-state index contributed by atoms with van der Waals surface area (Å²) in [4.78, 5) is 0. The smallest absolute Gasteiger partial charge is 0.0105 e. The molecule has 0 radical (unpaired) electrons. The fourth-order valence-corrected chi connectivity index (χ4v) is 1.97. The highest BCUT2D eigenvalue weighted by Crippen LogP contribution is 2.29. The van der Waals surface area contributed by atoms with Crippen molar-refractivity contribution in [2.24, 2.45) is 0 Å². The van der Waals surface area contributed by atoms with Gasteiger partial charge in [0.2, 0.25) is 0 Å². The molecule has 1 aromatic rings. The molecule has 74 valence electrons. The van der Waals surface area contributed by atoms with Crippen LogP contribution in [0.1, 0.15) is 0 Å². The molecular formula is C14H11Cl. The molecule has 0 fully saturated rings. The Bertz CT molecular complexity index is 557. The summed E-state index contributed by atoms with van der Waals surface area (Å²) in [5.74, 6) is 0. The first-order valence-electron chi connectivity index (χ1n) is 4.82. The number of rotatable bonds is 0. The summed E-state index contributed by atoms with van der Waals surface area (Å²) in [6.07, 6.45) is 0. The fraction of sp³-hybridized carbons (Fsp3) is 0. The molecule has 1 aromatic carbocycles. The van der Waals surface area contributed by atoms with Gasteiger partial charge in [0.25, 0.3) is 0 Å². The van der Waals surface area contributed by atoms with Crippen molar-refractivity contribution in [3.8, 4) is 11.1 Å². The summed E-state index contributed by atoms with van der Waals surface area (Å²) in [5.41, 5.74) is 2.65. The summed E-state index contributed by atoms with van der Waals surface area (Å²) in [6.45, 7) is 0. The van der Waals surface area contributed by atoms with Crippen molar-refractivity contribution in [2.75, 3.05) is 0 Å². The van der Waals surface area contributed by atoms with Gasteiger partial charge in [-0.05, 0) is 21.9 Å². The second kappa shape index (κ2) is 3.92. The summed E-state index contributed by atoms with van der Waals surface area (Å²) < 4.78 is 0. The molecule has 15 heavy (non-hydrogen) atoms. The van der Waals surface area contributed by atoms with E-state index >= 15 is 0 Å². The molecule has 0 amide bonds. The second-order valence-electron chi connectivity index (χ2n) is 3.51. The molecule has 0 unspecified atom stereocenters. The molecule has 3 rings (SSSR count). The van der Waals surface area contributed by atoms with Crippen LogP contribution in [0.5, 0.6) is 0 Å². The van der Waals surface area contributed by atoms with Crippen LogP contribution < -0.4 is 0 Å². The van der Waals surface area contributed by atoms with Gasteiger partial charge in [-0.2, -0.15) is 0 Å². The van der Waals surface area contributed by atoms with E-state index in [0.717, 1.165) is 0 Å². The third-order valence-corrected chi connectivity index (χ3v) is 2.65. The van der Waals surface area contributed by atoms with E-state index in [-0.39, 0.29) is 12.4 Å². The van der Waals surface area contributed by atoms with Crippen LogP contribution in [0.15, 0.2) is 60.7 Å². The Morgan fingerprint density at radius 2 is 1.27 bits per heavy atom. The van der Waals surface area contributed by atoms with Crippen molar-refractivity contribution in [2.45, 2.75) is 0 Å². The Balaban J connectivity index is 0.000000853. The lowest BCUT2D eigenvalue weighted by atomic mass is 10.1. The quantitative estimate of drug-likeness (QED) is 0.522. The first-order chi connectivity index (χ1) is 6.95. The maximum Gasteiger partial charge on any atom is -0.0105 e. The van der Waals surface area contributed by atoms with E-state index in [1.165, 1.54) is 21.9 Å². The summed E-state index contributed by atoms with van der Waals surface area (Å²) in [5, 5.41) is 2.63. The van der Waals surface area contributed by atoms with Gasteiger partial charge in [-0.3, -0.25) is 0 Å². The predicted octanol–water partition coefficient (Wildman–Crippen LogP) is 4.37. The molecule has 0 atom stereocenters. The Kier molecular flexibility index (Phi) is 2.61. The van der Waals surface area contributed by atoms with Gasteiger partial charge in [-0.1, -0.05) is 60.7 Å². The van der Waals surface area contributed by atoms with Gasteiger partial charge in [0, 0.05) is 0 Å². The molecule has 0 aromatic heterocycles. The molecule has 0 heterocycles. The SMILES string of the molecule is Cl.c1cc2cccc3ccccc3c-2c1. The van der Waals surface area contributed by atoms with Gasteiger partial charge in [-0.15, -0.1) is 12.4 Å². The highest BCUT2D eigenvalue weighted by Gasteiger charge is 2.02. The molecule has 2 aliphatic rings. The normalized spacial score (nSPS) is 10.1. The first-order valence-corrected chi connectivity index (χ1v) is 4.82. The van der Waals surface area contributed by atoms with E-state index in [9.17, 15) is 0 Å². The molecule has 0 N–H and O–H groups in total. The number of hydrogen-bond donors (Lipinski definition) is 0. The lowest BCUT2D eigenvalue weighted by Gasteiger charge is -1.96. The molecular weight excluding hydrogens is 204 g/mol. The Labute approximate surface area is 95.3 Å². The van der Waals surface area contributed by atoms with Crippen LogP contribution in [0, 0.1) is 0 Å². The summed E-state index contributed by atoms with van der Waals surface area (Å²) >= 11 is 0. The van der Waals surface area contributed by atoms with E-state index in [1.807, 2.05) is 0 Å². The maximum absolute atomic E-state index is 2.18. The highest BCUT2D eigenvalue weighted by atomic mass is 35.5. The largest absolute Gasteiger partial charge is 0.147 e. The van der Waals surface area contributed by atoms with E-state index in [0.29, 0.717) is 0 Å². The fourth-order valence-electron chi connectivity index (χ4n) is 1.97. The highest BCUT2D eigenvalue weighted by molar-refractivity contribution is 5.96. The zero-order valence-electron chi connectivity index (χ0n) is 8.18. The van der Waals surface area contributed by atoms with E-state index in [4.69, 9.17) is 0 Å². The molecule has 0 nitrogen and oxygen atoms in total. The van der Waals surface area contributed by atoms with Crippen LogP contribution in [-0.2, 0) is 0 Å². The zero-order chi connectivity index (χ0) is 9.38. The minimum atomic E-state index is 0. The minimum Gasteiger partial charge on any atom is -0.147 e. The molecule has 2 aliphatic carbocycles. The van der Waals surface area contributed by atoms with Crippen LogP contribution >= 0.6 is 12.4 Å². The predicted molar refractivity (Wildman–Crippen MR) is 67.8 cm³/mol. The van der Waals surface area contributed by atoms with Gasteiger partial charge in [-0.25, -0.2) is 0 Å². The second-order valence-corrected chi connectivity index (χ2v) is 3.51. The molecule has 0 spiro atoms. The van der Waals surface area contributed by atoms with Crippen molar-refractivity contribution in [1.82, 2.24) is 0 Å². The molecule has 1 heteroatoms. The van der Waals surface area contributed by atoms with Gasteiger partial charge in [0.05, 0.1) is 0 Å². The molecule has 0 bridgehead atoms. The molecule has 0 saturated carbocycles. The van der Waals surface area contributed by atoms with E-state index in [1.54, 1.807) is 0 Å². The Morgan fingerprint density at radius 3 is 2.13 bits per heavy atom. The van der Waals surface area contributed by atoms with Crippen LogP contribution in [0.4, 0.5) is 0 Å². The lowest BCUT2D eigenvalue weighted by molar-refractivity contribution is 1.81. The number of halogens is 1. The monoisotopic (exact) mass is 214 g/mol. The van der Waals surface area contributed by atoms with E-state index < -0.39 is 0 Å². The van der Waals surface area contributed by atoms with Crippen LogP contribution in [0.2, 0.25) is 0 Å². The average molecular weight is 215 g/mol. The first kappa shape index (κ1) is 10.0. The van der Waals surface area contributed by atoms with Crippen LogP contribution in [0.25, 0.3) is 21.9 Å². The number of benzene rings is 1. The summed E-state index contributed by atoms with van der Waals surface area (Å²) in [6, 6.07) is 21.4. The topological polar surface area (TPSA) is 0 Å².